The van der Waals surface area contributed by atoms with Crippen LogP contribution in [0.3, 0.4) is 0 Å². The number of hydrogen-bond acceptors (Lipinski definition) is 5. The third-order valence-electron chi connectivity index (χ3n) is 2.59. The van der Waals surface area contributed by atoms with Gasteiger partial charge in [0.15, 0.2) is 0 Å². The molecule has 90 valence electrons. The Labute approximate surface area is 109 Å². The molecule has 0 saturated carbocycles. The summed E-state index contributed by atoms with van der Waals surface area (Å²) in [4.78, 5) is 14.2. The summed E-state index contributed by atoms with van der Waals surface area (Å²) >= 11 is 1.65. The Morgan fingerprint density at radius 2 is 1.94 bits per heavy atom. The van der Waals surface area contributed by atoms with E-state index in [0.717, 1.165) is 29.8 Å². The molecule has 2 aromatic heterocycles. The van der Waals surface area contributed by atoms with Crippen molar-refractivity contribution in [3.8, 4) is 0 Å². The van der Waals surface area contributed by atoms with Crippen molar-refractivity contribution in [3.05, 3.63) is 52.7 Å². The fraction of sp³-hybridized carbons (Fsp3) is 0.154. The predicted octanol–water partition coefficient (Wildman–Crippen LogP) is 2.38. The fourth-order valence-corrected chi connectivity index (χ4v) is 2.29. The van der Waals surface area contributed by atoms with Gasteiger partial charge >= 0.3 is 0 Å². The summed E-state index contributed by atoms with van der Waals surface area (Å²) in [5.41, 5.74) is 4.67. The zero-order valence-electron chi connectivity index (χ0n) is 9.71. The van der Waals surface area contributed by atoms with Gasteiger partial charge in [-0.05, 0) is 12.1 Å². The molecule has 0 atom stereocenters. The van der Waals surface area contributed by atoms with E-state index in [4.69, 9.17) is 0 Å². The largest absolute Gasteiger partial charge is 0.306 e. The summed E-state index contributed by atoms with van der Waals surface area (Å²) in [5.74, 6) is 0. The summed E-state index contributed by atoms with van der Waals surface area (Å²) in [6.07, 6.45) is 3.70. The minimum Gasteiger partial charge on any atom is -0.306 e. The van der Waals surface area contributed by atoms with Gasteiger partial charge in [-0.2, -0.15) is 0 Å². The highest BCUT2D eigenvalue weighted by atomic mass is 32.1. The Morgan fingerprint density at radius 3 is 2.78 bits per heavy atom. The molecule has 4 nitrogen and oxygen atoms in total. The molecule has 2 heterocycles. The molecule has 5 heteroatoms. The third kappa shape index (κ3) is 2.52. The zero-order chi connectivity index (χ0) is 12.2. The molecule has 0 aliphatic carbocycles. The summed E-state index contributed by atoms with van der Waals surface area (Å²) in [6, 6.07) is 7.90. The first kappa shape index (κ1) is 11.3. The van der Waals surface area contributed by atoms with Crippen molar-refractivity contribution >= 4 is 22.4 Å². The van der Waals surface area contributed by atoms with E-state index >= 15 is 0 Å². The van der Waals surface area contributed by atoms with Crippen molar-refractivity contribution in [1.29, 1.82) is 0 Å². The second kappa shape index (κ2) is 5.20. The van der Waals surface area contributed by atoms with E-state index in [0.29, 0.717) is 0 Å². The van der Waals surface area contributed by atoms with Crippen LogP contribution in [0.2, 0.25) is 0 Å². The molecule has 1 N–H and O–H groups in total. The summed E-state index contributed by atoms with van der Waals surface area (Å²) < 4.78 is 0. The number of nitrogens with zero attached hydrogens (tertiary/aromatic N) is 3. The SMILES string of the molecule is c1ccc2nc(CNCc3cncs3)cnc2c1. The molecule has 0 unspecified atom stereocenters. The molecule has 0 radical (unpaired) electrons. The first-order valence-corrected chi connectivity index (χ1v) is 6.58. The highest BCUT2D eigenvalue weighted by Crippen LogP contribution is 2.09. The maximum atomic E-state index is 4.56. The van der Waals surface area contributed by atoms with E-state index in [1.807, 2.05) is 42.2 Å². The maximum absolute atomic E-state index is 4.56. The van der Waals surface area contributed by atoms with Gasteiger partial charge in [-0.3, -0.25) is 9.97 Å². The van der Waals surface area contributed by atoms with Crippen LogP contribution in [0.15, 0.2) is 42.2 Å². The molecule has 0 amide bonds. The van der Waals surface area contributed by atoms with Crippen molar-refractivity contribution in [2.45, 2.75) is 13.1 Å². The van der Waals surface area contributed by atoms with E-state index in [2.05, 4.69) is 20.3 Å². The van der Waals surface area contributed by atoms with Crippen LogP contribution in [0, 0.1) is 0 Å². The van der Waals surface area contributed by atoms with Crippen LogP contribution in [-0.2, 0) is 13.1 Å². The zero-order valence-corrected chi connectivity index (χ0v) is 10.5. The second-order valence-electron chi connectivity index (χ2n) is 3.92. The van der Waals surface area contributed by atoms with Gasteiger partial charge in [0, 0.05) is 24.2 Å². The Kier molecular flexibility index (Phi) is 3.25. The fourth-order valence-electron chi connectivity index (χ4n) is 1.72. The lowest BCUT2D eigenvalue weighted by molar-refractivity contribution is 0.685. The van der Waals surface area contributed by atoms with E-state index in [1.165, 1.54) is 4.88 Å². The molecule has 0 bridgehead atoms. The number of benzene rings is 1. The van der Waals surface area contributed by atoms with Crippen LogP contribution in [0.25, 0.3) is 11.0 Å². The van der Waals surface area contributed by atoms with Crippen LogP contribution in [0.5, 0.6) is 0 Å². The molecule has 1 aromatic carbocycles. The van der Waals surface area contributed by atoms with Gasteiger partial charge in [0.25, 0.3) is 0 Å². The van der Waals surface area contributed by atoms with Crippen molar-refractivity contribution < 1.29 is 0 Å². The summed E-state index contributed by atoms with van der Waals surface area (Å²) in [5, 5.41) is 3.34. The summed E-state index contributed by atoms with van der Waals surface area (Å²) in [7, 11) is 0. The number of thiazole rings is 1. The van der Waals surface area contributed by atoms with Crippen molar-refractivity contribution in [3.63, 3.8) is 0 Å². The van der Waals surface area contributed by atoms with Gasteiger partial charge in [0.1, 0.15) is 0 Å². The lowest BCUT2D eigenvalue weighted by atomic mass is 10.3. The number of fused-ring (bicyclic) bond motifs is 1. The van der Waals surface area contributed by atoms with Gasteiger partial charge in [0.2, 0.25) is 0 Å². The number of nitrogens with one attached hydrogen (secondary N) is 1. The van der Waals surface area contributed by atoms with Crippen LogP contribution < -0.4 is 5.32 Å². The van der Waals surface area contributed by atoms with Gasteiger partial charge in [0.05, 0.1) is 28.4 Å². The minimum absolute atomic E-state index is 0.718. The van der Waals surface area contributed by atoms with E-state index < -0.39 is 0 Å². The molecule has 3 aromatic rings. The molecule has 18 heavy (non-hydrogen) atoms. The molecular formula is C13H12N4S. The molecule has 0 fully saturated rings. The van der Waals surface area contributed by atoms with Crippen molar-refractivity contribution in [2.75, 3.05) is 0 Å². The van der Waals surface area contributed by atoms with E-state index in [-0.39, 0.29) is 0 Å². The van der Waals surface area contributed by atoms with Crippen molar-refractivity contribution in [2.24, 2.45) is 0 Å². The second-order valence-corrected chi connectivity index (χ2v) is 4.89. The number of hydrogen-bond donors (Lipinski definition) is 1. The average molecular weight is 256 g/mol. The quantitative estimate of drug-likeness (QED) is 0.778. The Morgan fingerprint density at radius 1 is 1.06 bits per heavy atom. The van der Waals surface area contributed by atoms with Crippen LogP contribution in [0.1, 0.15) is 10.6 Å². The normalized spacial score (nSPS) is 10.9. The topological polar surface area (TPSA) is 50.7 Å². The van der Waals surface area contributed by atoms with Gasteiger partial charge in [-0.15, -0.1) is 11.3 Å². The number of aromatic nitrogens is 3. The van der Waals surface area contributed by atoms with Crippen LogP contribution in [0.4, 0.5) is 0 Å². The smallest absolute Gasteiger partial charge is 0.0890 e. The first-order chi connectivity index (χ1) is 8.92. The van der Waals surface area contributed by atoms with Crippen molar-refractivity contribution in [1.82, 2.24) is 20.3 Å². The average Bonchev–Trinajstić information content (AvgIpc) is 2.92. The van der Waals surface area contributed by atoms with E-state index in [1.54, 1.807) is 11.3 Å². The lowest BCUT2D eigenvalue weighted by Crippen LogP contribution is -2.13. The number of rotatable bonds is 4. The molecule has 0 aliphatic rings. The number of para-hydroxylation sites is 2. The van der Waals surface area contributed by atoms with E-state index in [9.17, 15) is 0 Å². The van der Waals surface area contributed by atoms with Gasteiger partial charge in [-0.25, -0.2) is 4.98 Å². The monoisotopic (exact) mass is 256 g/mol. The first-order valence-electron chi connectivity index (χ1n) is 5.70. The highest BCUT2D eigenvalue weighted by Gasteiger charge is 1.99. The molecule has 0 aliphatic heterocycles. The third-order valence-corrected chi connectivity index (χ3v) is 3.37. The standard InChI is InChI=1S/C13H12N4S/c1-2-4-13-12(3-1)16-6-10(17-13)5-14-7-11-8-15-9-18-11/h1-4,6,8-9,14H,5,7H2. The van der Waals surface area contributed by atoms with Crippen LogP contribution in [-0.4, -0.2) is 15.0 Å². The van der Waals surface area contributed by atoms with Crippen LogP contribution >= 0.6 is 11.3 Å². The van der Waals surface area contributed by atoms with Gasteiger partial charge < -0.3 is 5.32 Å². The molecule has 0 saturated heterocycles. The molecule has 3 rings (SSSR count). The molecule has 0 spiro atoms. The lowest BCUT2D eigenvalue weighted by Gasteiger charge is -2.03. The Hall–Kier alpha value is -1.85. The van der Waals surface area contributed by atoms with Gasteiger partial charge in [-0.1, -0.05) is 12.1 Å². The summed E-state index contributed by atoms with van der Waals surface area (Å²) in [6.45, 7) is 1.54. The highest BCUT2D eigenvalue weighted by molar-refractivity contribution is 7.09. The Bertz CT molecular complexity index is 636. The Balaban J connectivity index is 1.67. The maximum Gasteiger partial charge on any atom is 0.0890 e. The predicted molar refractivity (Wildman–Crippen MR) is 72.2 cm³/mol. The minimum atomic E-state index is 0.718. The molecular weight excluding hydrogens is 244 g/mol.